The van der Waals surface area contributed by atoms with Crippen LogP contribution in [-0.4, -0.2) is 19.9 Å². The van der Waals surface area contributed by atoms with Crippen LogP contribution in [0.5, 0.6) is 0 Å². The number of aromatic nitrogens is 2. The predicted molar refractivity (Wildman–Crippen MR) is 122 cm³/mol. The molecular formula is C24H19FN2OS2. The molecule has 0 radical (unpaired) electrons. The van der Waals surface area contributed by atoms with Gasteiger partial charge in [0.05, 0.1) is 5.69 Å². The predicted octanol–water partition coefficient (Wildman–Crippen LogP) is 5.60. The first-order chi connectivity index (χ1) is 14.7. The minimum atomic E-state index is -0.264. The summed E-state index contributed by atoms with van der Waals surface area (Å²) in [4.78, 5) is 8.83. The first-order valence-electron chi connectivity index (χ1n) is 9.77. The number of aromatic amines is 1. The Labute approximate surface area is 179 Å². The minimum absolute atomic E-state index is 0.250. The summed E-state index contributed by atoms with van der Waals surface area (Å²) in [6, 6.07) is 19.0. The molecule has 0 spiro atoms. The second-order valence-corrected chi connectivity index (χ2v) is 10.6. The van der Waals surface area contributed by atoms with Crippen LogP contribution >= 0.6 is 0 Å². The number of hydrogen-bond acceptors (Lipinski definition) is 2. The van der Waals surface area contributed by atoms with Gasteiger partial charge >= 0.3 is 0 Å². The number of benzene rings is 2. The van der Waals surface area contributed by atoms with Crippen LogP contribution in [0.15, 0.2) is 78.0 Å². The molecule has 2 aromatic heterocycles. The van der Waals surface area contributed by atoms with Gasteiger partial charge in [-0.15, -0.1) is 0 Å². The lowest BCUT2D eigenvalue weighted by Crippen LogP contribution is -2.09. The van der Waals surface area contributed by atoms with Crippen LogP contribution in [0, 0.1) is 5.82 Å². The third-order valence-electron chi connectivity index (χ3n) is 5.40. The van der Waals surface area contributed by atoms with Gasteiger partial charge < -0.3 is 4.98 Å². The Bertz CT molecular complexity index is 1290. The SMILES string of the molecule is O=S=S1CCCc2cc(-c3cc(-c4ccncc4)c(-c4cccc(F)c4)[nH]3)ccc21. The van der Waals surface area contributed by atoms with Crippen molar-refractivity contribution in [3.05, 3.63) is 84.4 Å². The monoisotopic (exact) mass is 434 g/mol. The molecule has 0 bridgehead atoms. The van der Waals surface area contributed by atoms with E-state index in [1.807, 2.05) is 18.2 Å². The van der Waals surface area contributed by atoms with E-state index < -0.39 is 0 Å². The maximum absolute atomic E-state index is 13.9. The maximum atomic E-state index is 13.9. The van der Waals surface area contributed by atoms with Gasteiger partial charge in [-0.25, -0.2) is 8.60 Å². The van der Waals surface area contributed by atoms with E-state index in [4.69, 9.17) is 0 Å². The minimum Gasteiger partial charge on any atom is -0.354 e. The average Bonchev–Trinajstić information content (AvgIpc) is 3.24. The number of pyridine rings is 1. The van der Waals surface area contributed by atoms with E-state index in [1.54, 1.807) is 24.5 Å². The Kier molecular flexibility index (Phi) is 5.19. The van der Waals surface area contributed by atoms with Crippen molar-refractivity contribution < 1.29 is 8.60 Å². The van der Waals surface area contributed by atoms with Crippen molar-refractivity contribution in [1.29, 1.82) is 0 Å². The van der Waals surface area contributed by atoms with E-state index >= 15 is 0 Å². The smallest absolute Gasteiger partial charge is 0.125 e. The summed E-state index contributed by atoms with van der Waals surface area (Å²) >= 11 is 0. The summed E-state index contributed by atoms with van der Waals surface area (Å²) in [5, 5.41) is 0. The first-order valence-corrected chi connectivity index (χ1v) is 12.4. The number of nitrogens with one attached hydrogen (secondary N) is 1. The molecule has 3 nitrogen and oxygen atoms in total. The molecule has 1 unspecified atom stereocenters. The second-order valence-electron chi connectivity index (χ2n) is 7.26. The molecule has 0 fully saturated rings. The summed E-state index contributed by atoms with van der Waals surface area (Å²) < 4.78 is 25.4. The highest BCUT2D eigenvalue weighted by Gasteiger charge is 2.18. The normalized spacial score (nSPS) is 15.6. The fraction of sp³-hybridized carbons (Fsp3) is 0.125. The molecular weight excluding hydrogens is 415 g/mol. The Morgan fingerprint density at radius 2 is 1.83 bits per heavy atom. The van der Waals surface area contributed by atoms with Crippen LogP contribution in [0.3, 0.4) is 0 Å². The van der Waals surface area contributed by atoms with Crippen LogP contribution in [0.2, 0.25) is 0 Å². The molecule has 1 aliphatic heterocycles. The van der Waals surface area contributed by atoms with Gasteiger partial charge in [0.15, 0.2) is 0 Å². The molecule has 1 N–H and O–H groups in total. The molecule has 6 heteroatoms. The topological polar surface area (TPSA) is 45.8 Å². The molecule has 0 saturated heterocycles. The number of H-pyrrole nitrogens is 1. The average molecular weight is 435 g/mol. The number of halogens is 1. The number of aryl methyl sites for hydroxylation is 1. The summed E-state index contributed by atoms with van der Waals surface area (Å²) in [5.74, 6) is 0.708. The van der Waals surface area contributed by atoms with Crippen molar-refractivity contribution in [2.45, 2.75) is 17.7 Å². The maximum Gasteiger partial charge on any atom is 0.125 e. The van der Waals surface area contributed by atoms with E-state index in [-0.39, 0.29) is 15.3 Å². The van der Waals surface area contributed by atoms with Gasteiger partial charge in [-0.2, -0.15) is 0 Å². The van der Waals surface area contributed by atoms with Crippen molar-refractivity contribution in [3.8, 4) is 33.6 Å². The Morgan fingerprint density at radius 1 is 0.967 bits per heavy atom. The molecule has 1 atom stereocenters. The molecule has 30 heavy (non-hydrogen) atoms. The van der Waals surface area contributed by atoms with Crippen molar-refractivity contribution in [2.24, 2.45) is 0 Å². The summed E-state index contributed by atoms with van der Waals surface area (Å²) in [6.45, 7) is 0. The van der Waals surface area contributed by atoms with E-state index in [0.29, 0.717) is 0 Å². The molecule has 3 heterocycles. The molecule has 1 aliphatic rings. The Balaban J connectivity index is 1.66. The lowest BCUT2D eigenvalue weighted by molar-refractivity contribution is 0.628. The van der Waals surface area contributed by atoms with E-state index in [9.17, 15) is 8.60 Å². The van der Waals surface area contributed by atoms with Gasteiger partial charge in [0.25, 0.3) is 0 Å². The third kappa shape index (κ3) is 3.57. The summed E-state index contributed by atoms with van der Waals surface area (Å²) in [5.41, 5.74) is 7.02. The molecule has 0 amide bonds. The zero-order valence-corrected chi connectivity index (χ0v) is 17.7. The van der Waals surface area contributed by atoms with Crippen LogP contribution in [0.1, 0.15) is 12.0 Å². The largest absolute Gasteiger partial charge is 0.354 e. The van der Waals surface area contributed by atoms with Gasteiger partial charge in [0.2, 0.25) is 0 Å². The Morgan fingerprint density at radius 3 is 2.63 bits per heavy atom. The van der Waals surface area contributed by atoms with Crippen molar-refractivity contribution in [2.75, 3.05) is 5.75 Å². The quantitative estimate of drug-likeness (QED) is 0.456. The first kappa shape index (κ1) is 19.2. The number of fused-ring (bicyclic) bond motifs is 1. The number of rotatable bonds is 3. The summed E-state index contributed by atoms with van der Waals surface area (Å²) in [6.07, 6.45) is 5.58. The molecule has 0 aliphatic carbocycles. The van der Waals surface area contributed by atoms with E-state index in [0.717, 1.165) is 62.5 Å². The van der Waals surface area contributed by atoms with Gasteiger partial charge in [0.1, 0.15) is 16.0 Å². The molecule has 0 saturated carbocycles. The highest BCUT2D eigenvalue weighted by atomic mass is 32.8. The van der Waals surface area contributed by atoms with Crippen molar-refractivity contribution in [3.63, 3.8) is 0 Å². The van der Waals surface area contributed by atoms with Crippen molar-refractivity contribution >= 4 is 19.7 Å². The van der Waals surface area contributed by atoms with Gasteiger partial charge in [-0.1, -0.05) is 27.7 Å². The summed E-state index contributed by atoms with van der Waals surface area (Å²) in [7, 11) is 0.471. The fourth-order valence-electron chi connectivity index (χ4n) is 3.98. The van der Waals surface area contributed by atoms with E-state index in [1.165, 1.54) is 16.5 Å². The Hall–Kier alpha value is -2.83. The van der Waals surface area contributed by atoms with E-state index in [2.05, 4.69) is 34.2 Å². The zero-order valence-electron chi connectivity index (χ0n) is 16.1. The lowest BCUT2D eigenvalue weighted by atomic mass is 10.0. The number of nitrogens with zero attached hydrogens (tertiary/aromatic N) is 1. The van der Waals surface area contributed by atoms with Gasteiger partial charge in [-0.3, -0.25) is 4.98 Å². The van der Waals surface area contributed by atoms with Crippen LogP contribution < -0.4 is 0 Å². The second kappa shape index (κ2) is 8.13. The number of hydrogen-bond donors (Lipinski definition) is 1. The lowest BCUT2D eigenvalue weighted by Gasteiger charge is -2.17. The van der Waals surface area contributed by atoms with Crippen LogP contribution in [0.4, 0.5) is 4.39 Å². The highest BCUT2D eigenvalue weighted by molar-refractivity contribution is 8.31. The van der Waals surface area contributed by atoms with Crippen LogP contribution in [-0.2, 0) is 26.1 Å². The highest BCUT2D eigenvalue weighted by Crippen LogP contribution is 2.37. The fourth-order valence-corrected chi connectivity index (χ4v) is 6.69. The van der Waals surface area contributed by atoms with Gasteiger partial charge in [-0.05, 0) is 72.0 Å². The molecule has 4 aromatic rings. The molecule has 150 valence electrons. The standard InChI is InChI=1S/C24H19FN2OS2/c25-20-5-1-3-19(14-20)24-21(16-8-10-26-11-9-16)15-22(27-24)17-6-7-23-18(13-17)4-2-12-30(23)29-28/h1,3,5-11,13-15,27H,2,4,12H2. The van der Waals surface area contributed by atoms with Crippen molar-refractivity contribution in [1.82, 2.24) is 9.97 Å². The molecule has 5 rings (SSSR count). The molecule has 2 aromatic carbocycles. The van der Waals surface area contributed by atoms with Crippen LogP contribution in [0.25, 0.3) is 33.6 Å². The zero-order chi connectivity index (χ0) is 20.5. The van der Waals surface area contributed by atoms with Gasteiger partial charge in [0, 0.05) is 39.9 Å². The third-order valence-corrected chi connectivity index (χ3v) is 8.64.